The van der Waals surface area contributed by atoms with Gasteiger partial charge in [-0.05, 0) is 74.2 Å². The summed E-state index contributed by atoms with van der Waals surface area (Å²) in [6.07, 6.45) is 7.76. The summed E-state index contributed by atoms with van der Waals surface area (Å²) in [5.41, 5.74) is 3.35. The first-order valence-corrected chi connectivity index (χ1v) is 12.3. The molecule has 0 spiro atoms. The fourth-order valence-electron chi connectivity index (χ4n) is 6.17. The van der Waals surface area contributed by atoms with Crippen molar-refractivity contribution in [2.75, 3.05) is 26.2 Å². The molecule has 1 saturated carbocycles. The second kappa shape index (κ2) is 10.1. The minimum Gasteiger partial charge on any atom is -0.315 e. The van der Waals surface area contributed by atoms with Crippen LogP contribution in [0.15, 0.2) is 60.7 Å². The predicted octanol–water partition coefficient (Wildman–Crippen LogP) is 6.21. The van der Waals surface area contributed by atoms with Crippen molar-refractivity contribution >= 4 is 0 Å². The first-order chi connectivity index (χ1) is 14.8. The summed E-state index contributed by atoms with van der Waals surface area (Å²) in [5.74, 6) is 1.93. The number of fused-ring (bicyclic) bond motifs is 4. The Hall–Kier alpha value is -1.64. The highest BCUT2D eigenvalue weighted by molar-refractivity contribution is 5.30. The van der Waals surface area contributed by atoms with Crippen LogP contribution in [0, 0.1) is 5.92 Å². The Labute approximate surface area is 184 Å². The average Bonchev–Trinajstić information content (AvgIpc) is 3.11. The van der Waals surface area contributed by atoms with Gasteiger partial charge in [-0.2, -0.15) is 0 Å². The molecule has 2 saturated heterocycles. The molecule has 0 amide bonds. The van der Waals surface area contributed by atoms with Crippen LogP contribution in [0.1, 0.15) is 75.3 Å². The highest BCUT2D eigenvalue weighted by atomic mass is 15.2. The van der Waals surface area contributed by atoms with Gasteiger partial charge >= 0.3 is 0 Å². The molecule has 0 radical (unpaired) electrons. The number of unbranched alkanes of at least 4 members (excludes halogenated alkanes) is 2. The maximum atomic E-state index is 3.94. The first kappa shape index (κ1) is 21.6. The number of hydrogen-bond donors (Lipinski definition) is 1. The van der Waals surface area contributed by atoms with E-state index in [-0.39, 0.29) is 5.54 Å². The molecule has 5 rings (SSSR count). The fourth-order valence-corrected chi connectivity index (χ4v) is 6.17. The van der Waals surface area contributed by atoms with E-state index >= 15 is 0 Å². The van der Waals surface area contributed by atoms with Gasteiger partial charge in [0.15, 0.2) is 0 Å². The topological polar surface area (TPSA) is 15.3 Å². The highest BCUT2D eigenvalue weighted by Crippen LogP contribution is 2.53. The van der Waals surface area contributed by atoms with E-state index in [0.717, 1.165) is 13.1 Å². The molecule has 2 aromatic rings. The molecule has 2 unspecified atom stereocenters. The van der Waals surface area contributed by atoms with Gasteiger partial charge in [0.1, 0.15) is 0 Å². The maximum Gasteiger partial charge on any atom is 0.0345 e. The molecule has 2 aromatic carbocycles. The summed E-state index contributed by atoms with van der Waals surface area (Å²) in [4.78, 5) is 2.90. The average molecular weight is 405 g/mol. The van der Waals surface area contributed by atoms with E-state index in [0.29, 0.717) is 17.8 Å². The molecule has 3 fully saturated rings. The molecule has 1 N–H and O–H groups in total. The third-order valence-electron chi connectivity index (χ3n) is 7.76. The Kier molecular flexibility index (Phi) is 7.28. The van der Waals surface area contributed by atoms with Crippen LogP contribution >= 0.6 is 0 Å². The zero-order chi connectivity index (χ0) is 20.8. The van der Waals surface area contributed by atoms with Gasteiger partial charge in [-0.3, -0.25) is 4.90 Å². The van der Waals surface area contributed by atoms with Gasteiger partial charge in [0.25, 0.3) is 0 Å². The van der Waals surface area contributed by atoms with E-state index in [9.17, 15) is 0 Å². The summed E-state index contributed by atoms with van der Waals surface area (Å²) >= 11 is 0. The first-order valence-electron chi connectivity index (χ1n) is 12.3. The van der Waals surface area contributed by atoms with Crippen LogP contribution in [0.3, 0.4) is 0 Å². The Morgan fingerprint density at radius 2 is 1.30 bits per heavy atom. The van der Waals surface area contributed by atoms with Gasteiger partial charge in [0.05, 0.1) is 0 Å². The summed E-state index contributed by atoms with van der Waals surface area (Å²) in [5, 5.41) is 3.94. The minimum absolute atomic E-state index is 0.262. The standard InChI is InChI=1S/C28H40N2/c1-3-5-17-30(18-6-4-2)28-19-25(23-13-9-7-10-14-23)27(21-29-22-28)26(20-28)24-15-11-8-12-16-24/h7-16,25-27,29H,3-6,17-22H2,1-2H3. The predicted molar refractivity (Wildman–Crippen MR) is 128 cm³/mol. The van der Waals surface area contributed by atoms with Gasteiger partial charge in [-0.1, -0.05) is 87.4 Å². The van der Waals surface area contributed by atoms with E-state index < -0.39 is 0 Å². The second-order valence-corrected chi connectivity index (χ2v) is 9.66. The molecule has 162 valence electrons. The van der Waals surface area contributed by atoms with Crippen LogP contribution in [-0.4, -0.2) is 36.6 Å². The van der Waals surface area contributed by atoms with E-state index in [2.05, 4.69) is 84.7 Å². The van der Waals surface area contributed by atoms with Crippen LogP contribution in [0.25, 0.3) is 0 Å². The molecule has 1 aliphatic carbocycles. The summed E-state index contributed by atoms with van der Waals surface area (Å²) in [7, 11) is 0. The Bertz CT molecular complexity index is 699. The van der Waals surface area contributed by atoms with Crippen LogP contribution in [-0.2, 0) is 0 Å². The summed E-state index contributed by atoms with van der Waals surface area (Å²) in [6, 6.07) is 22.8. The number of hydrogen-bond acceptors (Lipinski definition) is 2. The second-order valence-electron chi connectivity index (χ2n) is 9.66. The van der Waals surface area contributed by atoms with Crippen LogP contribution in [0.4, 0.5) is 0 Å². The van der Waals surface area contributed by atoms with Crippen molar-refractivity contribution in [1.82, 2.24) is 10.2 Å². The van der Waals surface area contributed by atoms with Crippen LogP contribution < -0.4 is 5.32 Å². The van der Waals surface area contributed by atoms with E-state index in [4.69, 9.17) is 0 Å². The minimum atomic E-state index is 0.262. The number of nitrogens with zero attached hydrogens (tertiary/aromatic N) is 1. The van der Waals surface area contributed by atoms with E-state index in [1.54, 1.807) is 11.1 Å². The number of benzene rings is 2. The van der Waals surface area contributed by atoms with Crippen LogP contribution in [0.5, 0.6) is 0 Å². The number of rotatable bonds is 9. The van der Waals surface area contributed by atoms with Crippen molar-refractivity contribution < 1.29 is 0 Å². The van der Waals surface area contributed by atoms with Gasteiger partial charge in [-0.15, -0.1) is 0 Å². The molecule has 30 heavy (non-hydrogen) atoms. The lowest BCUT2D eigenvalue weighted by Gasteiger charge is -2.52. The Morgan fingerprint density at radius 1 is 0.800 bits per heavy atom. The Balaban J connectivity index is 1.74. The smallest absolute Gasteiger partial charge is 0.0345 e. The molecule has 2 heteroatoms. The molecule has 2 bridgehead atoms. The lowest BCUT2D eigenvalue weighted by Crippen LogP contribution is -2.57. The van der Waals surface area contributed by atoms with Crippen molar-refractivity contribution in [3.05, 3.63) is 71.8 Å². The zero-order valence-electron chi connectivity index (χ0n) is 19.0. The lowest BCUT2D eigenvalue weighted by molar-refractivity contribution is 0.0323. The largest absolute Gasteiger partial charge is 0.315 e. The highest BCUT2D eigenvalue weighted by Gasteiger charge is 2.51. The Morgan fingerprint density at radius 3 is 1.77 bits per heavy atom. The molecular weight excluding hydrogens is 364 g/mol. The fraction of sp³-hybridized carbons (Fsp3) is 0.571. The van der Waals surface area contributed by atoms with Gasteiger partial charge in [0.2, 0.25) is 0 Å². The monoisotopic (exact) mass is 404 g/mol. The molecule has 3 aliphatic rings. The van der Waals surface area contributed by atoms with E-state index in [1.807, 2.05) is 0 Å². The van der Waals surface area contributed by atoms with E-state index in [1.165, 1.54) is 51.6 Å². The van der Waals surface area contributed by atoms with Crippen molar-refractivity contribution in [2.45, 2.75) is 69.7 Å². The third kappa shape index (κ3) is 4.50. The molecular formula is C28H40N2. The maximum absolute atomic E-state index is 3.94. The number of nitrogens with one attached hydrogen (secondary N) is 1. The summed E-state index contributed by atoms with van der Waals surface area (Å²) in [6.45, 7) is 9.42. The lowest BCUT2D eigenvalue weighted by atomic mass is 9.61. The third-order valence-corrected chi connectivity index (χ3v) is 7.76. The quantitative estimate of drug-likeness (QED) is 0.534. The van der Waals surface area contributed by atoms with Crippen molar-refractivity contribution in [1.29, 1.82) is 0 Å². The molecule has 2 heterocycles. The van der Waals surface area contributed by atoms with Crippen LogP contribution in [0.2, 0.25) is 0 Å². The zero-order valence-corrected chi connectivity index (χ0v) is 19.0. The molecule has 2 aliphatic heterocycles. The summed E-state index contributed by atoms with van der Waals surface area (Å²) < 4.78 is 0. The van der Waals surface area contributed by atoms with Crippen molar-refractivity contribution in [2.24, 2.45) is 5.92 Å². The van der Waals surface area contributed by atoms with Gasteiger partial charge < -0.3 is 5.32 Å². The van der Waals surface area contributed by atoms with Crippen molar-refractivity contribution in [3.8, 4) is 0 Å². The SMILES string of the molecule is CCCCN(CCCC)C12CNCC(C(c3ccccc3)C1)C(c1ccccc1)C2. The molecule has 2 nitrogen and oxygen atoms in total. The van der Waals surface area contributed by atoms with Crippen molar-refractivity contribution in [3.63, 3.8) is 0 Å². The molecule has 0 aromatic heterocycles. The molecule has 2 atom stereocenters. The van der Waals surface area contributed by atoms with Gasteiger partial charge in [-0.25, -0.2) is 0 Å². The van der Waals surface area contributed by atoms with Gasteiger partial charge in [0, 0.05) is 12.1 Å². The normalized spacial score (nSPS) is 28.6.